The van der Waals surface area contributed by atoms with Gasteiger partial charge in [-0.1, -0.05) is 121 Å². The molecule has 4 aliphatic heterocycles. The summed E-state index contributed by atoms with van der Waals surface area (Å²) in [6.45, 7) is -2.54. The summed E-state index contributed by atoms with van der Waals surface area (Å²) < 4.78 is 43.0. The highest BCUT2D eigenvalue weighted by Gasteiger charge is 2.72. The summed E-state index contributed by atoms with van der Waals surface area (Å²) >= 11 is 0. The van der Waals surface area contributed by atoms with Gasteiger partial charge >= 0.3 is 0 Å². The van der Waals surface area contributed by atoms with E-state index in [4.69, 9.17) is 4.74 Å². The van der Waals surface area contributed by atoms with Crippen LogP contribution in [0.2, 0.25) is 0 Å². The molecule has 1 spiro atoms. The molecule has 0 radical (unpaired) electrons. The monoisotopic (exact) mass is 873 g/mol. The predicted molar refractivity (Wildman–Crippen MR) is 275 cm³/mol. The predicted octanol–water partition coefficient (Wildman–Crippen LogP) is 14.7. The third kappa shape index (κ3) is 4.32. The molecule has 0 aliphatic carbocycles. The van der Waals surface area contributed by atoms with Crippen LogP contribution >= 0.6 is 0 Å². The van der Waals surface area contributed by atoms with Gasteiger partial charge in [0.25, 0.3) is 5.54 Å². The van der Waals surface area contributed by atoms with Crippen molar-refractivity contribution in [3.05, 3.63) is 235 Å². The molecule has 318 valence electrons. The van der Waals surface area contributed by atoms with Crippen LogP contribution in [0.25, 0.3) is 77.4 Å². The van der Waals surface area contributed by atoms with Crippen LogP contribution in [0.1, 0.15) is 20.8 Å². The Morgan fingerprint density at radius 1 is 0.456 bits per heavy atom. The Morgan fingerprint density at radius 3 is 1.54 bits per heavy atom. The van der Waals surface area contributed by atoms with Crippen molar-refractivity contribution >= 4 is 66.4 Å². The molecule has 0 fully saturated rings. The zero-order valence-corrected chi connectivity index (χ0v) is 36.5. The molecule has 2 unspecified atom stereocenters. The lowest BCUT2D eigenvalue weighted by Gasteiger charge is -2.38. The summed E-state index contributed by atoms with van der Waals surface area (Å²) in [7, 11) is 0. The number of aryl methyl sites for hydroxylation is 1. The molecule has 6 nitrogen and oxygen atoms in total. The molecule has 0 saturated heterocycles. The number of hydrogen-bond donors (Lipinski definition) is 0. The molecule has 0 bridgehead atoms. The molecule has 9 aromatic carbocycles. The Morgan fingerprint density at radius 2 is 0.941 bits per heavy atom. The summed E-state index contributed by atoms with van der Waals surface area (Å²) in [6, 6.07) is 74.6. The van der Waals surface area contributed by atoms with Crippen LogP contribution < -0.4 is 19.1 Å². The van der Waals surface area contributed by atoms with Gasteiger partial charge < -0.3 is 23.7 Å². The molecule has 2 atom stereocenters. The molecule has 0 N–H and O–H groups in total. The van der Waals surface area contributed by atoms with E-state index < -0.39 is 12.4 Å². The van der Waals surface area contributed by atoms with E-state index in [1.165, 1.54) is 0 Å². The maximum Gasteiger partial charge on any atom is 0.268 e. The van der Waals surface area contributed by atoms with E-state index in [0.29, 0.717) is 5.56 Å². The van der Waals surface area contributed by atoms with Gasteiger partial charge in [0, 0.05) is 43.0 Å². The van der Waals surface area contributed by atoms with Crippen molar-refractivity contribution < 1.29 is 13.4 Å². The third-order valence-corrected chi connectivity index (χ3v) is 15.2. The highest BCUT2D eigenvalue weighted by molar-refractivity contribution is 6.12. The average molecular weight is 874 g/mol. The summed E-state index contributed by atoms with van der Waals surface area (Å²) in [5.74, 6) is 1.54. The highest BCUT2D eigenvalue weighted by atomic mass is 16.5. The molecule has 16 rings (SSSR count). The number of fused-ring (bicyclic) bond motifs is 12. The number of benzene rings is 9. The molecule has 3 aromatic heterocycles. The summed E-state index contributed by atoms with van der Waals surface area (Å²) in [5.41, 5.74) is 14.8. The van der Waals surface area contributed by atoms with E-state index in [1.807, 2.05) is 12.1 Å². The maximum absolute atomic E-state index is 9.61. The van der Waals surface area contributed by atoms with Gasteiger partial charge in [0.1, 0.15) is 11.5 Å². The lowest BCUT2D eigenvalue weighted by molar-refractivity contribution is -0.729. The van der Waals surface area contributed by atoms with Gasteiger partial charge in [-0.2, -0.15) is 4.57 Å². The molecule has 0 amide bonds. The molecule has 6 heteroatoms. The highest BCUT2D eigenvalue weighted by Crippen LogP contribution is 2.67. The smallest absolute Gasteiger partial charge is 0.268 e. The summed E-state index contributed by atoms with van der Waals surface area (Å²) in [5, 5.41) is 4.49. The van der Waals surface area contributed by atoms with E-state index in [2.05, 4.69) is 230 Å². The number of anilines is 4. The van der Waals surface area contributed by atoms with Crippen LogP contribution in [0.4, 0.5) is 22.7 Å². The lowest BCUT2D eigenvalue weighted by Crippen LogP contribution is -2.66. The number of ether oxygens (including phenoxy) is 1. The van der Waals surface area contributed by atoms with Crippen LogP contribution in [0.3, 0.4) is 0 Å². The first-order chi connectivity index (χ1) is 34.9. The summed E-state index contributed by atoms with van der Waals surface area (Å²) in [4.78, 5) is 4.98. The minimum absolute atomic E-state index is 0.269. The van der Waals surface area contributed by atoms with Gasteiger partial charge in [-0.05, 0) is 97.3 Å². The molecule has 68 heavy (non-hydrogen) atoms. The fourth-order valence-corrected chi connectivity index (χ4v) is 12.8. The Balaban J connectivity index is 1.09. The SMILES string of the molecule is [2H]C([2H])([2H])c1cc2[n+](cc1-c1c(-n3c4ccccc4c4ccccc43)cccc1-n1c3ccccc3c3ccccc31)C13c4c(cccc4-2)Oc2cccc(c21)N1c2ccccc2N(c2ccccc2)C13. The van der Waals surface area contributed by atoms with Gasteiger partial charge in [0.15, 0.2) is 12.4 Å². The Hall–Kier alpha value is -8.87. The Bertz CT molecular complexity index is 4070. The minimum atomic E-state index is -2.54. The van der Waals surface area contributed by atoms with Crippen LogP contribution in [0.5, 0.6) is 11.5 Å². The third-order valence-electron chi connectivity index (χ3n) is 15.2. The van der Waals surface area contributed by atoms with Crippen molar-refractivity contribution in [2.75, 3.05) is 9.80 Å². The number of para-hydroxylation sites is 7. The van der Waals surface area contributed by atoms with E-state index in [9.17, 15) is 4.11 Å². The van der Waals surface area contributed by atoms with Gasteiger partial charge in [-0.25, -0.2) is 0 Å². The fraction of sp³-hybridized carbons (Fsp3) is 0.0484. The quantitative estimate of drug-likeness (QED) is 0.165. The number of pyridine rings is 1. The van der Waals surface area contributed by atoms with Crippen molar-refractivity contribution in [3.8, 4) is 45.3 Å². The first-order valence-electron chi connectivity index (χ1n) is 24.8. The molecule has 4 aliphatic rings. The van der Waals surface area contributed by atoms with Crippen molar-refractivity contribution in [1.29, 1.82) is 0 Å². The van der Waals surface area contributed by atoms with E-state index in [0.717, 1.165) is 117 Å². The maximum atomic E-state index is 9.61. The lowest BCUT2D eigenvalue weighted by atomic mass is 9.79. The van der Waals surface area contributed by atoms with Crippen LogP contribution in [0.15, 0.2) is 219 Å². The molecular formula is C62H40N5O+. The molecule has 12 aromatic rings. The second-order valence-electron chi connectivity index (χ2n) is 18.4. The molecule has 0 saturated carbocycles. The normalized spacial score (nSPS) is 17.7. The van der Waals surface area contributed by atoms with Crippen molar-refractivity contribution in [2.24, 2.45) is 0 Å². The van der Waals surface area contributed by atoms with E-state index >= 15 is 0 Å². The van der Waals surface area contributed by atoms with Gasteiger partial charge in [-0.3, -0.25) is 0 Å². The zero-order valence-electron chi connectivity index (χ0n) is 39.5. The van der Waals surface area contributed by atoms with Crippen molar-refractivity contribution in [3.63, 3.8) is 0 Å². The van der Waals surface area contributed by atoms with Gasteiger partial charge in [0.05, 0.1) is 72.8 Å². The zero-order chi connectivity index (χ0) is 46.9. The number of rotatable bonds is 4. The van der Waals surface area contributed by atoms with Gasteiger partial charge in [-0.15, -0.1) is 0 Å². The standard InChI is InChI=1S/C62H40N5O/c1-38-36-55-44-24-15-34-56-59(44)62(60-54(33-17-35-57(60)68-56)67-51-30-14-13-29-50(51)64(61(62)67)39-18-3-2-4-19-39)63(55)37-45(38)58-52(65-46-25-9-5-20-40(46)41-21-6-10-26-47(41)65)31-16-32-53(58)66-48-27-11-7-22-42(48)43-23-8-12-28-49(43)66/h2-37,61H,1H3/q+1/i1D3. The van der Waals surface area contributed by atoms with Crippen LogP contribution in [-0.4, -0.2) is 15.3 Å². The van der Waals surface area contributed by atoms with Crippen LogP contribution in [-0.2, 0) is 5.54 Å². The number of hydrogen-bond acceptors (Lipinski definition) is 3. The summed E-state index contributed by atoms with van der Waals surface area (Å²) in [6.07, 6.45) is 1.84. The second kappa shape index (κ2) is 12.9. The van der Waals surface area contributed by atoms with Gasteiger partial charge in [0.2, 0.25) is 5.69 Å². The second-order valence-corrected chi connectivity index (χ2v) is 18.4. The van der Waals surface area contributed by atoms with E-state index in [1.54, 1.807) is 0 Å². The molecular weight excluding hydrogens is 831 g/mol. The largest absolute Gasteiger partial charge is 0.456 e. The first-order valence-corrected chi connectivity index (χ1v) is 23.3. The number of aromatic nitrogens is 3. The Kier molecular flexibility index (Phi) is 6.39. The van der Waals surface area contributed by atoms with Crippen LogP contribution in [0, 0.1) is 6.85 Å². The fourth-order valence-electron chi connectivity index (χ4n) is 12.8. The average Bonchev–Trinajstić information content (AvgIpc) is 4.19. The first kappa shape index (κ1) is 33.6. The van der Waals surface area contributed by atoms with Crippen molar-refractivity contribution in [2.45, 2.75) is 18.6 Å². The minimum Gasteiger partial charge on any atom is -0.456 e. The topological polar surface area (TPSA) is 29.5 Å². The Labute approximate surface area is 396 Å². The number of nitrogens with zero attached hydrogens (tertiary/aromatic N) is 5. The van der Waals surface area contributed by atoms with Crippen molar-refractivity contribution in [1.82, 2.24) is 9.13 Å². The molecule has 7 heterocycles. The van der Waals surface area contributed by atoms with E-state index in [-0.39, 0.29) is 11.7 Å².